The van der Waals surface area contributed by atoms with Crippen LogP contribution in [-0.4, -0.2) is 66.8 Å². The molecule has 0 bridgehead atoms. The van der Waals surface area contributed by atoms with Crippen LogP contribution in [0.15, 0.2) is 18.3 Å². The summed E-state index contributed by atoms with van der Waals surface area (Å²) in [6.45, 7) is 7.71. The van der Waals surface area contributed by atoms with E-state index >= 15 is 0 Å². The number of rotatable bonds is 5. The van der Waals surface area contributed by atoms with Crippen LogP contribution in [0.3, 0.4) is 0 Å². The smallest absolute Gasteiger partial charge is 0.274 e. The zero-order valence-corrected chi connectivity index (χ0v) is 15.9. The topological polar surface area (TPSA) is 80.0 Å². The lowest BCUT2D eigenvalue weighted by Gasteiger charge is -2.31. The Labute approximate surface area is 159 Å². The normalized spacial score (nSPS) is 18.9. The van der Waals surface area contributed by atoms with Crippen LogP contribution < -0.4 is 0 Å². The molecule has 2 aromatic heterocycles. The number of aromatic nitrogens is 5. The first-order valence-corrected chi connectivity index (χ1v) is 9.97. The van der Waals surface area contributed by atoms with Crippen molar-refractivity contribution in [1.82, 2.24) is 34.8 Å². The van der Waals surface area contributed by atoms with E-state index in [2.05, 4.69) is 36.8 Å². The van der Waals surface area contributed by atoms with E-state index < -0.39 is 0 Å². The Morgan fingerprint density at radius 2 is 1.89 bits per heavy atom. The molecular formula is C19H27N7O. The fourth-order valence-electron chi connectivity index (χ4n) is 4.17. The lowest BCUT2D eigenvalue weighted by Crippen LogP contribution is -2.38. The van der Waals surface area contributed by atoms with Crippen molar-refractivity contribution in [1.29, 1.82) is 0 Å². The van der Waals surface area contributed by atoms with Gasteiger partial charge in [-0.2, -0.15) is 5.10 Å². The summed E-state index contributed by atoms with van der Waals surface area (Å²) in [4.78, 5) is 16.9. The zero-order chi connectivity index (χ0) is 18.6. The van der Waals surface area contributed by atoms with E-state index in [-0.39, 0.29) is 5.91 Å². The molecule has 4 heterocycles. The summed E-state index contributed by atoms with van der Waals surface area (Å²) in [6, 6.07) is 3.47. The van der Waals surface area contributed by atoms with Crippen molar-refractivity contribution in [3.05, 3.63) is 35.7 Å². The molecular weight excluding hydrogens is 342 g/mol. The number of nitrogens with zero attached hydrogens (tertiary/aromatic N) is 7. The van der Waals surface area contributed by atoms with Gasteiger partial charge < -0.3 is 9.47 Å². The highest BCUT2D eigenvalue weighted by Crippen LogP contribution is 2.28. The van der Waals surface area contributed by atoms with Gasteiger partial charge >= 0.3 is 0 Å². The third-order valence-electron chi connectivity index (χ3n) is 5.67. The van der Waals surface area contributed by atoms with Crippen LogP contribution in [0.4, 0.5) is 0 Å². The molecule has 2 fully saturated rings. The molecule has 0 N–H and O–H groups in total. The second kappa shape index (κ2) is 8.12. The summed E-state index contributed by atoms with van der Waals surface area (Å²) in [5.74, 6) is 2.48. The van der Waals surface area contributed by atoms with Crippen LogP contribution in [0.5, 0.6) is 0 Å². The van der Waals surface area contributed by atoms with Crippen LogP contribution in [0.2, 0.25) is 0 Å². The lowest BCUT2D eigenvalue weighted by molar-refractivity contribution is 0.0703. The molecule has 27 heavy (non-hydrogen) atoms. The Kier molecular flexibility index (Phi) is 5.42. The molecule has 0 unspecified atom stereocenters. The van der Waals surface area contributed by atoms with Gasteiger partial charge in [-0.05, 0) is 57.8 Å². The third-order valence-corrected chi connectivity index (χ3v) is 5.67. The van der Waals surface area contributed by atoms with Crippen LogP contribution in [0.25, 0.3) is 0 Å². The highest BCUT2D eigenvalue weighted by molar-refractivity contribution is 5.92. The summed E-state index contributed by atoms with van der Waals surface area (Å²) in [7, 11) is 0. The standard InChI is InChI=1S/C19H27N7O/c1-2-26-17(14-24-10-3-4-11-24)22-23-18(26)15-7-12-25(13-8-15)19(27)16-6-5-9-20-21-16/h5-6,9,15H,2-4,7-8,10-14H2,1H3. The molecule has 144 valence electrons. The molecule has 0 spiro atoms. The van der Waals surface area contributed by atoms with Gasteiger partial charge in [0.25, 0.3) is 5.91 Å². The summed E-state index contributed by atoms with van der Waals surface area (Å²) >= 11 is 0. The van der Waals surface area contributed by atoms with Crippen molar-refractivity contribution < 1.29 is 4.79 Å². The number of likely N-dealkylation sites (tertiary alicyclic amines) is 2. The molecule has 0 saturated carbocycles. The number of carbonyl (C=O) groups is 1. The number of amides is 1. The molecule has 2 aliphatic heterocycles. The van der Waals surface area contributed by atoms with E-state index in [1.807, 2.05) is 4.90 Å². The second-order valence-electron chi connectivity index (χ2n) is 7.38. The first-order valence-electron chi connectivity index (χ1n) is 9.97. The molecule has 2 saturated heterocycles. The van der Waals surface area contributed by atoms with Crippen molar-refractivity contribution >= 4 is 5.91 Å². The fraction of sp³-hybridized carbons (Fsp3) is 0.632. The second-order valence-corrected chi connectivity index (χ2v) is 7.38. The Morgan fingerprint density at radius 3 is 2.56 bits per heavy atom. The van der Waals surface area contributed by atoms with Crippen molar-refractivity contribution in [2.75, 3.05) is 26.2 Å². The van der Waals surface area contributed by atoms with Crippen molar-refractivity contribution in [2.45, 2.75) is 51.6 Å². The first kappa shape index (κ1) is 18.0. The van der Waals surface area contributed by atoms with Crippen LogP contribution in [0.1, 0.15) is 60.7 Å². The van der Waals surface area contributed by atoms with E-state index in [4.69, 9.17) is 0 Å². The molecule has 0 atom stereocenters. The molecule has 0 radical (unpaired) electrons. The van der Waals surface area contributed by atoms with Crippen molar-refractivity contribution in [3.63, 3.8) is 0 Å². The van der Waals surface area contributed by atoms with E-state index in [0.717, 1.165) is 63.8 Å². The minimum absolute atomic E-state index is 0.0340. The monoisotopic (exact) mass is 369 g/mol. The minimum atomic E-state index is -0.0340. The first-order chi connectivity index (χ1) is 13.3. The van der Waals surface area contributed by atoms with Gasteiger partial charge in [0, 0.05) is 31.7 Å². The van der Waals surface area contributed by atoms with E-state index in [9.17, 15) is 4.79 Å². The SMILES string of the molecule is CCn1c(CN2CCCC2)nnc1C1CCN(C(=O)c2cccnn2)CC1. The van der Waals surface area contributed by atoms with Gasteiger partial charge in [-0.15, -0.1) is 15.3 Å². The van der Waals surface area contributed by atoms with Crippen LogP contribution in [0, 0.1) is 0 Å². The number of piperidine rings is 1. The van der Waals surface area contributed by atoms with Crippen molar-refractivity contribution in [2.24, 2.45) is 0 Å². The maximum Gasteiger partial charge on any atom is 0.274 e. The minimum Gasteiger partial charge on any atom is -0.337 e. The predicted molar refractivity (Wildman–Crippen MR) is 100 cm³/mol. The average Bonchev–Trinajstić information content (AvgIpc) is 3.38. The maximum absolute atomic E-state index is 12.5. The largest absolute Gasteiger partial charge is 0.337 e. The summed E-state index contributed by atoms with van der Waals surface area (Å²) in [5, 5.41) is 16.8. The van der Waals surface area contributed by atoms with Gasteiger partial charge in [0.05, 0.1) is 6.54 Å². The molecule has 4 rings (SSSR count). The molecule has 0 aliphatic carbocycles. The van der Waals surface area contributed by atoms with Gasteiger partial charge in [-0.3, -0.25) is 9.69 Å². The van der Waals surface area contributed by atoms with E-state index in [0.29, 0.717) is 11.6 Å². The number of hydrogen-bond donors (Lipinski definition) is 0. The third kappa shape index (κ3) is 3.85. The highest BCUT2D eigenvalue weighted by Gasteiger charge is 2.29. The van der Waals surface area contributed by atoms with Gasteiger partial charge in [0.15, 0.2) is 5.69 Å². The van der Waals surface area contributed by atoms with E-state index in [1.165, 1.54) is 12.8 Å². The summed E-state index contributed by atoms with van der Waals surface area (Å²) < 4.78 is 2.28. The van der Waals surface area contributed by atoms with E-state index in [1.54, 1.807) is 18.3 Å². The Hall–Kier alpha value is -2.35. The highest BCUT2D eigenvalue weighted by atomic mass is 16.2. The average molecular weight is 369 g/mol. The van der Waals surface area contributed by atoms with Gasteiger partial charge in [-0.1, -0.05) is 0 Å². The zero-order valence-electron chi connectivity index (χ0n) is 15.9. The predicted octanol–water partition coefficient (Wildman–Crippen LogP) is 1.70. The van der Waals surface area contributed by atoms with Crippen LogP contribution in [-0.2, 0) is 13.1 Å². The molecule has 8 heteroatoms. The Morgan fingerprint density at radius 1 is 1.11 bits per heavy atom. The molecule has 2 aromatic rings. The quantitative estimate of drug-likeness (QED) is 0.798. The number of hydrogen-bond acceptors (Lipinski definition) is 6. The Balaban J connectivity index is 1.40. The van der Waals surface area contributed by atoms with Crippen molar-refractivity contribution in [3.8, 4) is 0 Å². The van der Waals surface area contributed by atoms with Gasteiger partial charge in [-0.25, -0.2) is 0 Å². The van der Waals surface area contributed by atoms with Gasteiger partial charge in [0.1, 0.15) is 11.6 Å². The fourth-order valence-corrected chi connectivity index (χ4v) is 4.17. The maximum atomic E-state index is 12.5. The molecule has 2 aliphatic rings. The molecule has 8 nitrogen and oxygen atoms in total. The molecule has 1 amide bonds. The lowest BCUT2D eigenvalue weighted by atomic mass is 9.95. The summed E-state index contributed by atoms with van der Waals surface area (Å²) in [5.41, 5.74) is 0.417. The summed E-state index contributed by atoms with van der Waals surface area (Å²) in [6.07, 6.45) is 5.97. The molecule has 0 aromatic carbocycles. The number of carbonyl (C=O) groups excluding carboxylic acids is 1. The van der Waals surface area contributed by atoms with Crippen LogP contribution >= 0.6 is 0 Å². The Bertz CT molecular complexity index is 762. The van der Waals surface area contributed by atoms with Gasteiger partial charge in [0.2, 0.25) is 0 Å².